The topological polar surface area (TPSA) is 9.23 Å². The van der Waals surface area contributed by atoms with Gasteiger partial charge in [-0.05, 0) is 42.5 Å². The number of hydrogen-bond acceptors (Lipinski definition) is 1. The Bertz CT molecular complexity index is 501. The molecule has 0 heterocycles. The summed E-state index contributed by atoms with van der Waals surface area (Å²) in [6.07, 6.45) is -0.0685. The Hall–Kier alpha value is -0.900. The van der Waals surface area contributed by atoms with Crippen molar-refractivity contribution in [2.75, 3.05) is 4.43 Å². The minimum absolute atomic E-state index is 0.217. The number of ether oxygens (including phenoxy) is 1. The molecule has 1 aromatic carbocycles. The van der Waals surface area contributed by atoms with Crippen LogP contribution in [0.5, 0.6) is 5.75 Å². The van der Waals surface area contributed by atoms with Crippen molar-refractivity contribution >= 4 is 22.6 Å². The van der Waals surface area contributed by atoms with E-state index >= 15 is 0 Å². The highest BCUT2D eigenvalue weighted by Crippen LogP contribution is 2.45. The molecule has 1 nitrogen and oxygen atoms in total. The summed E-state index contributed by atoms with van der Waals surface area (Å²) in [5.41, 5.74) is 1.08. The van der Waals surface area contributed by atoms with Crippen LogP contribution in [0.2, 0.25) is 0 Å². The molecular weight excluding hydrogens is 380 g/mol. The summed E-state index contributed by atoms with van der Waals surface area (Å²) in [5, 5.41) is 0. The van der Waals surface area contributed by atoms with Crippen LogP contribution in [0.3, 0.4) is 0 Å². The van der Waals surface area contributed by atoms with E-state index in [-0.39, 0.29) is 5.75 Å². The van der Waals surface area contributed by atoms with Gasteiger partial charge in [-0.3, -0.25) is 0 Å². The second-order valence-electron chi connectivity index (χ2n) is 5.04. The lowest BCUT2D eigenvalue weighted by Gasteiger charge is -2.39. The third-order valence-corrected chi connectivity index (χ3v) is 5.10. The monoisotopic (exact) mass is 394 g/mol. The van der Waals surface area contributed by atoms with Gasteiger partial charge in [0, 0.05) is 16.4 Å². The molecule has 108 valence electrons. The van der Waals surface area contributed by atoms with Crippen LogP contribution in [0.1, 0.15) is 31.2 Å². The van der Waals surface area contributed by atoms with Gasteiger partial charge in [0.25, 0.3) is 0 Å². The van der Waals surface area contributed by atoms with E-state index in [1.165, 1.54) is 31.4 Å². The van der Waals surface area contributed by atoms with Crippen molar-refractivity contribution in [1.82, 2.24) is 0 Å². The molecule has 0 aromatic heterocycles. The van der Waals surface area contributed by atoms with Crippen LogP contribution < -0.4 is 4.74 Å². The summed E-state index contributed by atoms with van der Waals surface area (Å²) in [4.78, 5) is 0. The number of benzene rings is 1. The van der Waals surface area contributed by atoms with Crippen molar-refractivity contribution in [3.05, 3.63) is 29.8 Å². The number of hydrogen-bond donors (Lipinski definition) is 0. The van der Waals surface area contributed by atoms with Gasteiger partial charge in [-0.15, -0.1) is 13.2 Å². The van der Waals surface area contributed by atoms with Crippen molar-refractivity contribution in [2.45, 2.75) is 32.0 Å². The minimum Gasteiger partial charge on any atom is -0.406 e. The Morgan fingerprint density at radius 3 is 2.30 bits per heavy atom. The summed E-state index contributed by atoms with van der Waals surface area (Å²) in [5.74, 6) is 5.93. The number of halogens is 4. The Balaban J connectivity index is 1.94. The van der Waals surface area contributed by atoms with E-state index in [0.29, 0.717) is 11.0 Å². The molecule has 5 heteroatoms. The lowest BCUT2D eigenvalue weighted by atomic mass is 9.68. The third-order valence-electron chi connectivity index (χ3n) is 3.48. The van der Waals surface area contributed by atoms with Gasteiger partial charge in [-0.1, -0.05) is 40.9 Å². The van der Waals surface area contributed by atoms with Crippen molar-refractivity contribution in [1.29, 1.82) is 0 Å². The van der Waals surface area contributed by atoms with E-state index in [2.05, 4.69) is 39.2 Å². The molecule has 1 aliphatic carbocycles. The zero-order chi connectivity index (χ0) is 14.6. The molecule has 1 aliphatic rings. The molecule has 1 fully saturated rings. The molecule has 0 aliphatic heterocycles. The molecule has 0 spiro atoms. The second-order valence-corrected chi connectivity index (χ2v) is 5.80. The number of alkyl halides is 4. The molecule has 0 bridgehead atoms. The fourth-order valence-electron chi connectivity index (χ4n) is 2.11. The van der Waals surface area contributed by atoms with Crippen molar-refractivity contribution in [3.63, 3.8) is 0 Å². The van der Waals surface area contributed by atoms with Gasteiger partial charge < -0.3 is 4.74 Å². The first-order valence-electron chi connectivity index (χ1n) is 6.33. The van der Waals surface area contributed by atoms with Gasteiger partial charge in [0.05, 0.1) is 0 Å². The lowest BCUT2D eigenvalue weighted by molar-refractivity contribution is -0.274. The van der Waals surface area contributed by atoms with Crippen LogP contribution in [0.15, 0.2) is 24.3 Å². The second kappa shape index (κ2) is 6.25. The summed E-state index contributed by atoms with van der Waals surface area (Å²) >= 11 is 2.40. The van der Waals surface area contributed by atoms with Crippen molar-refractivity contribution < 1.29 is 17.9 Å². The molecule has 1 aromatic rings. The minimum atomic E-state index is -4.65. The van der Waals surface area contributed by atoms with E-state index in [1.54, 1.807) is 12.1 Å². The van der Waals surface area contributed by atoms with E-state index in [4.69, 9.17) is 0 Å². The average Bonchev–Trinajstić information content (AvgIpc) is 2.33. The number of rotatable bonds is 3. The van der Waals surface area contributed by atoms with Gasteiger partial charge in [0.2, 0.25) is 0 Å². The van der Waals surface area contributed by atoms with Crippen LogP contribution in [0.25, 0.3) is 0 Å². The Labute approximate surface area is 130 Å². The van der Waals surface area contributed by atoms with Gasteiger partial charge in [0.1, 0.15) is 5.75 Å². The standard InChI is InChI=1S/C15H14F3IO/c16-15(17,18)20-13-6-4-12(5-7-13)3-1-8-14(11-19)9-2-10-14/h4-7H,2,8-11H2. The van der Waals surface area contributed by atoms with Crippen LogP contribution >= 0.6 is 22.6 Å². The van der Waals surface area contributed by atoms with Crippen molar-refractivity contribution in [3.8, 4) is 17.6 Å². The highest BCUT2D eigenvalue weighted by molar-refractivity contribution is 14.1. The smallest absolute Gasteiger partial charge is 0.406 e. The van der Waals surface area contributed by atoms with Crippen LogP contribution in [0, 0.1) is 17.3 Å². The molecule has 1 saturated carbocycles. The van der Waals surface area contributed by atoms with Gasteiger partial charge in [0.15, 0.2) is 0 Å². The Morgan fingerprint density at radius 1 is 1.20 bits per heavy atom. The SMILES string of the molecule is FC(F)(F)Oc1ccc(C#CCC2(CI)CCC2)cc1. The quantitative estimate of drug-likeness (QED) is 0.401. The first-order valence-corrected chi connectivity index (χ1v) is 7.86. The largest absolute Gasteiger partial charge is 0.573 e. The van der Waals surface area contributed by atoms with Gasteiger partial charge >= 0.3 is 6.36 Å². The highest BCUT2D eigenvalue weighted by atomic mass is 127. The predicted octanol–water partition coefficient (Wildman–Crippen LogP) is 4.93. The average molecular weight is 394 g/mol. The highest BCUT2D eigenvalue weighted by Gasteiger charge is 2.34. The molecule has 0 N–H and O–H groups in total. The maximum atomic E-state index is 12.0. The van der Waals surface area contributed by atoms with Crippen LogP contribution in [-0.4, -0.2) is 10.8 Å². The van der Waals surface area contributed by atoms with E-state index in [9.17, 15) is 13.2 Å². The summed E-state index contributed by atoms with van der Waals surface area (Å²) < 4.78 is 40.9. The lowest BCUT2D eigenvalue weighted by Crippen LogP contribution is -2.30. The Kier molecular flexibility index (Phi) is 4.84. The summed E-state index contributed by atoms with van der Waals surface area (Å²) in [6.45, 7) is 0. The van der Waals surface area contributed by atoms with E-state index < -0.39 is 6.36 Å². The predicted molar refractivity (Wildman–Crippen MR) is 79.8 cm³/mol. The third kappa shape index (κ3) is 4.30. The maximum Gasteiger partial charge on any atom is 0.573 e. The maximum absolute atomic E-state index is 12.0. The van der Waals surface area contributed by atoms with E-state index in [0.717, 1.165) is 10.8 Å². The normalized spacial score (nSPS) is 16.8. The molecule has 0 atom stereocenters. The molecule has 2 rings (SSSR count). The van der Waals surface area contributed by atoms with Crippen LogP contribution in [-0.2, 0) is 0 Å². The molecule has 0 amide bonds. The molecular formula is C15H14F3IO. The zero-order valence-corrected chi connectivity index (χ0v) is 12.9. The molecule has 0 radical (unpaired) electrons. The molecule has 20 heavy (non-hydrogen) atoms. The first kappa shape index (κ1) is 15.5. The molecule has 0 saturated heterocycles. The Morgan fingerprint density at radius 2 is 1.85 bits per heavy atom. The zero-order valence-electron chi connectivity index (χ0n) is 10.8. The van der Waals surface area contributed by atoms with Crippen molar-refractivity contribution in [2.24, 2.45) is 5.41 Å². The molecule has 0 unspecified atom stereocenters. The van der Waals surface area contributed by atoms with Gasteiger partial charge in [-0.2, -0.15) is 0 Å². The first-order chi connectivity index (χ1) is 9.42. The van der Waals surface area contributed by atoms with E-state index in [1.807, 2.05) is 0 Å². The van der Waals surface area contributed by atoms with Crippen LogP contribution in [0.4, 0.5) is 13.2 Å². The van der Waals surface area contributed by atoms with Gasteiger partial charge in [-0.25, -0.2) is 0 Å². The fourth-order valence-corrected chi connectivity index (χ4v) is 3.14. The summed E-state index contributed by atoms with van der Waals surface area (Å²) in [6, 6.07) is 5.67. The summed E-state index contributed by atoms with van der Waals surface area (Å²) in [7, 11) is 0. The fraction of sp³-hybridized carbons (Fsp3) is 0.467.